The summed E-state index contributed by atoms with van der Waals surface area (Å²) in [6.45, 7) is 7.52. The summed E-state index contributed by atoms with van der Waals surface area (Å²) in [5.41, 5.74) is 2.27. The molecule has 0 radical (unpaired) electrons. The number of hydrogen-bond donors (Lipinski definition) is 0. The molecule has 0 unspecified atom stereocenters. The zero-order chi connectivity index (χ0) is 13.0. The van der Waals surface area contributed by atoms with Crippen LogP contribution in [0.25, 0.3) is 0 Å². The number of aryl methyl sites for hydroxylation is 1. The molecule has 0 aromatic carbocycles. The van der Waals surface area contributed by atoms with Gasteiger partial charge in [-0.1, -0.05) is 6.07 Å². The fourth-order valence-electron chi connectivity index (χ4n) is 1.98. The number of hydrogen-bond acceptors (Lipinski definition) is 3. The van der Waals surface area contributed by atoms with Crippen molar-refractivity contribution >= 4 is 0 Å². The SMILES string of the molecule is CCO[C@H](C)c1nccn1Cc1ncccc1C. The minimum Gasteiger partial charge on any atom is -0.371 e. The van der Waals surface area contributed by atoms with E-state index in [0.29, 0.717) is 6.61 Å². The van der Waals surface area contributed by atoms with Gasteiger partial charge in [0, 0.05) is 25.2 Å². The second-order valence-electron chi connectivity index (χ2n) is 4.28. The Morgan fingerprint density at radius 3 is 2.89 bits per heavy atom. The summed E-state index contributed by atoms with van der Waals surface area (Å²) in [7, 11) is 0. The van der Waals surface area contributed by atoms with Crippen molar-refractivity contribution in [3.05, 3.63) is 47.8 Å². The van der Waals surface area contributed by atoms with E-state index >= 15 is 0 Å². The highest BCUT2D eigenvalue weighted by atomic mass is 16.5. The largest absolute Gasteiger partial charge is 0.371 e. The lowest BCUT2D eigenvalue weighted by atomic mass is 10.2. The Labute approximate surface area is 108 Å². The summed E-state index contributed by atoms with van der Waals surface area (Å²) >= 11 is 0. The number of imidazole rings is 1. The zero-order valence-electron chi connectivity index (χ0n) is 11.1. The van der Waals surface area contributed by atoms with Gasteiger partial charge in [-0.25, -0.2) is 4.98 Å². The van der Waals surface area contributed by atoms with Gasteiger partial charge in [-0.3, -0.25) is 4.98 Å². The molecule has 0 saturated heterocycles. The van der Waals surface area contributed by atoms with Gasteiger partial charge in [-0.2, -0.15) is 0 Å². The quantitative estimate of drug-likeness (QED) is 0.813. The smallest absolute Gasteiger partial charge is 0.137 e. The van der Waals surface area contributed by atoms with Gasteiger partial charge in [0.05, 0.1) is 12.2 Å². The molecule has 0 aliphatic heterocycles. The Morgan fingerprint density at radius 1 is 1.33 bits per heavy atom. The number of ether oxygens (including phenoxy) is 1. The first-order chi connectivity index (χ1) is 8.72. The average molecular weight is 245 g/mol. The maximum Gasteiger partial charge on any atom is 0.137 e. The van der Waals surface area contributed by atoms with Crippen LogP contribution in [-0.4, -0.2) is 21.1 Å². The molecule has 4 heteroatoms. The molecule has 96 valence electrons. The van der Waals surface area contributed by atoms with Crippen LogP contribution in [0.1, 0.15) is 37.0 Å². The van der Waals surface area contributed by atoms with Crippen LogP contribution in [0.4, 0.5) is 0 Å². The van der Waals surface area contributed by atoms with E-state index in [-0.39, 0.29) is 6.10 Å². The molecule has 2 aromatic rings. The first-order valence-corrected chi connectivity index (χ1v) is 6.25. The predicted octanol–water partition coefficient (Wildman–Crippen LogP) is 2.73. The minimum atomic E-state index is 0.00835. The molecule has 2 heterocycles. The van der Waals surface area contributed by atoms with Crippen molar-refractivity contribution in [1.82, 2.24) is 14.5 Å². The maximum absolute atomic E-state index is 5.59. The van der Waals surface area contributed by atoms with Crippen molar-refractivity contribution in [3.63, 3.8) is 0 Å². The van der Waals surface area contributed by atoms with Crippen molar-refractivity contribution in [2.45, 2.75) is 33.4 Å². The summed E-state index contributed by atoms with van der Waals surface area (Å²) < 4.78 is 7.68. The molecule has 0 spiro atoms. The monoisotopic (exact) mass is 245 g/mol. The molecule has 0 saturated carbocycles. The normalized spacial score (nSPS) is 12.6. The Hall–Kier alpha value is -1.68. The van der Waals surface area contributed by atoms with Gasteiger partial charge >= 0.3 is 0 Å². The standard InChI is InChI=1S/C14H19N3O/c1-4-18-12(3)14-16-8-9-17(14)10-13-11(2)6-5-7-15-13/h5-9,12H,4,10H2,1-3H3/t12-/m1/s1. The highest BCUT2D eigenvalue weighted by Crippen LogP contribution is 2.16. The van der Waals surface area contributed by atoms with Crippen LogP contribution in [0.15, 0.2) is 30.7 Å². The first-order valence-electron chi connectivity index (χ1n) is 6.25. The van der Waals surface area contributed by atoms with E-state index in [1.807, 2.05) is 38.5 Å². The van der Waals surface area contributed by atoms with Crippen molar-refractivity contribution < 1.29 is 4.74 Å². The first kappa shape index (κ1) is 12.8. The molecule has 4 nitrogen and oxygen atoms in total. The van der Waals surface area contributed by atoms with Crippen molar-refractivity contribution in [3.8, 4) is 0 Å². The summed E-state index contributed by atoms with van der Waals surface area (Å²) in [5, 5.41) is 0. The molecule has 0 fully saturated rings. The lowest BCUT2D eigenvalue weighted by molar-refractivity contribution is 0.0677. The summed E-state index contributed by atoms with van der Waals surface area (Å²) in [4.78, 5) is 8.78. The van der Waals surface area contributed by atoms with Gasteiger partial charge < -0.3 is 9.30 Å². The second kappa shape index (κ2) is 5.78. The van der Waals surface area contributed by atoms with E-state index in [0.717, 1.165) is 18.1 Å². The van der Waals surface area contributed by atoms with Gasteiger partial charge in [0.1, 0.15) is 11.9 Å². The molecule has 2 rings (SSSR count). The Balaban J connectivity index is 2.20. The van der Waals surface area contributed by atoms with Crippen molar-refractivity contribution in [2.75, 3.05) is 6.61 Å². The van der Waals surface area contributed by atoms with Gasteiger partial charge in [0.25, 0.3) is 0 Å². The van der Waals surface area contributed by atoms with E-state index < -0.39 is 0 Å². The number of aromatic nitrogens is 3. The zero-order valence-corrected chi connectivity index (χ0v) is 11.1. The third kappa shape index (κ3) is 2.76. The van der Waals surface area contributed by atoms with E-state index in [1.54, 1.807) is 0 Å². The van der Waals surface area contributed by atoms with Crippen LogP contribution in [0, 0.1) is 6.92 Å². The van der Waals surface area contributed by atoms with Crippen molar-refractivity contribution in [2.24, 2.45) is 0 Å². The van der Waals surface area contributed by atoms with Crippen LogP contribution in [0.2, 0.25) is 0 Å². The molecule has 0 N–H and O–H groups in total. The summed E-state index contributed by atoms with van der Waals surface area (Å²) in [6.07, 6.45) is 5.61. The maximum atomic E-state index is 5.59. The van der Waals surface area contributed by atoms with Crippen molar-refractivity contribution in [1.29, 1.82) is 0 Å². The van der Waals surface area contributed by atoms with Gasteiger partial charge in [0.2, 0.25) is 0 Å². The minimum absolute atomic E-state index is 0.00835. The van der Waals surface area contributed by atoms with Crippen LogP contribution >= 0.6 is 0 Å². The van der Waals surface area contributed by atoms with Gasteiger partial charge in [-0.15, -0.1) is 0 Å². The van der Waals surface area contributed by atoms with Crippen LogP contribution in [0.5, 0.6) is 0 Å². The Kier molecular flexibility index (Phi) is 4.10. The highest BCUT2D eigenvalue weighted by Gasteiger charge is 2.12. The molecule has 1 atom stereocenters. The fraction of sp³-hybridized carbons (Fsp3) is 0.429. The number of rotatable bonds is 5. The fourth-order valence-corrected chi connectivity index (χ4v) is 1.98. The number of pyridine rings is 1. The molecular formula is C14H19N3O. The van der Waals surface area contributed by atoms with Gasteiger partial charge in [-0.05, 0) is 32.4 Å². The van der Waals surface area contributed by atoms with Crippen LogP contribution in [-0.2, 0) is 11.3 Å². The topological polar surface area (TPSA) is 39.9 Å². The highest BCUT2D eigenvalue weighted by molar-refractivity contribution is 5.18. The molecule has 0 amide bonds. The lowest BCUT2D eigenvalue weighted by Gasteiger charge is -2.14. The van der Waals surface area contributed by atoms with Gasteiger partial charge in [0.15, 0.2) is 0 Å². The third-order valence-electron chi connectivity index (χ3n) is 2.97. The Bertz CT molecular complexity index is 507. The third-order valence-corrected chi connectivity index (χ3v) is 2.97. The molecule has 2 aromatic heterocycles. The molecule has 18 heavy (non-hydrogen) atoms. The predicted molar refractivity (Wildman–Crippen MR) is 70.3 cm³/mol. The van der Waals surface area contributed by atoms with Crippen LogP contribution < -0.4 is 0 Å². The summed E-state index contributed by atoms with van der Waals surface area (Å²) in [5.74, 6) is 0.946. The average Bonchev–Trinajstić information content (AvgIpc) is 2.81. The van der Waals surface area contributed by atoms with E-state index in [2.05, 4.69) is 27.5 Å². The van der Waals surface area contributed by atoms with Crippen LogP contribution in [0.3, 0.4) is 0 Å². The molecule has 0 bridgehead atoms. The summed E-state index contributed by atoms with van der Waals surface area (Å²) in [6, 6.07) is 4.03. The van der Waals surface area contributed by atoms with E-state index in [1.165, 1.54) is 5.56 Å². The number of nitrogens with zero attached hydrogens (tertiary/aromatic N) is 3. The Morgan fingerprint density at radius 2 is 2.17 bits per heavy atom. The molecule has 0 aliphatic carbocycles. The molecular weight excluding hydrogens is 226 g/mol. The van der Waals surface area contributed by atoms with E-state index in [9.17, 15) is 0 Å². The molecule has 0 aliphatic rings. The van der Waals surface area contributed by atoms with E-state index in [4.69, 9.17) is 4.74 Å². The second-order valence-corrected chi connectivity index (χ2v) is 4.28. The lowest BCUT2D eigenvalue weighted by Crippen LogP contribution is -2.11.